The highest BCUT2D eigenvalue weighted by atomic mass is 35.5. The van der Waals surface area contributed by atoms with E-state index in [4.69, 9.17) is 17.3 Å². The summed E-state index contributed by atoms with van der Waals surface area (Å²) in [5.41, 5.74) is 4.55. The summed E-state index contributed by atoms with van der Waals surface area (Å²) >= 11 is 7.15. The number of aromatic nitrogens is 1. The van der Waals surface area contributed by atoms with Crippen LogP contribution in [-0.4, -0.2) is 28.0 Å². The maximum Gasteiger partial charge on any atom is 0.0961 e. The molecule has 5 heteroatoms. The number of hydrogen-bond donors (Lipinski definition) is 2. The van der Waals surface area contributed by atoms with Crippen LogP contribution in [-0.2, 0) is 0 Å². The Hall–Kier alpha value is -0.290. The number of aliphatic hydroxyl groups is 1. The van der Waals surface area contributed by atoms with Crippen molar-refractivity contribution in [3.63, 3.8) is 0 Å². The van der Waals surface area contributed by atoms with E-state index in [0.717, 1.165) is 5.03 Å². The van der Waals surface area contributed by atoms with Gasteiger partial charge in [0.25, 0.3) is 0 Å². The minimum Gasteiger partial charge on any atom is -0.388 e. The molecular formula is C9H13ClN2OS. The number of thioether (sulfide) groups is 1. The second kappa shape index (κ2) is 4.98. The van der Waals surface area contributed by atoms with Crippen LogP contribution in [0.4, 0.5) is 0 Å². The first-order chi connectivity index (χ1) is 6.53. The normalized spacial score (nSPS) is 15.1. The molecule has 0 aliphatic carbocycles. The molecule has 0 aromatic carbocycles. The lowest BCUT2D eigenvalue weighted by molar-refractivity contribution is 0.0949. The molecule has 0 amide bonds. The SMILES string of the molecule is CC(O)(CN)CSc1ccc(Cl)cn1. The van der Waals surface area contributed by atoms with Crippen LogP contribution in [0.1, 0.15) is 6.92 Å². The average molecular weight is 233 g/mol. The molecule has 1 aromatic rings. The van der Waals surface area contributed by atoms with Crippen molar-refractivity contribution < 1.29 is 5.11 Å². The second-order valence-corrected chi connectivity index (χ2v) is 4.74. The number of halogens is 1. The first-order valence-corrected chi connectivity index (χ1v) is 5.57. The van der Waals surface area contributed by atoms with Crippen LogP contribution in [0.5, 0.6) is 0 Å². The van der Waals surface area contributed by atoms with Gasteiger partial charge in [-0.25, -0.2) is 4.98 Å². The van der Waals surface area contributed by atoms with Crippen molar-refractivity contribution in [1.82, 2.24) is 4.98 Å². The van der Waals surface area contributed by atoms with E-state index in [-0.39, 0.29) is 6.54 Å². The van der Waals surface area contributed by atoms with Gasteiger partial charge in [0.05, 0.1) is 15.6 Å². The predicted molar refractivity (Wildman–Crippen MR) is 59.6 cm³/mol. The summed E-state index contributed by atoms with van der Waals surface area (Å²) in [6.45, 7) is 1.95. The molecule has 1 aromatic heterocycles. The van der Waals surface area contributed by atoms with E-state index in [0.29, 0.717) is 10.8 Å². The quantitative estimate of drug-likeness (QED) is 0.774. The third kappa shape index (κ3) is 3.84. The lowest BCUT2D eigenvalue weighted by Crippen LogP contribution is -2.36. The third-order valence-electron chi connectivity index (χ3n) is 1.67. The van der Waals surface area contributed by atoms with Crippen molar-refractivity contribution in [2.24, 2.45) is 5.73 Å². The average Bonchev–Trinajstić information content (AvgIpc) is 2.17. The molecule has 14 heavy (non-hydrogen) atoms. The molecule has 1 unspecified atom stereocenters. The zero-order valence-corrected chi connectivity index (χ0v) is 9.48. The summed E-state index contributed by atoms with van der Waals surface area (Å²) in [6, 6.07) is 3.59. The largest absolute Gasteiger partial charge is 0.388 e. The minimum absolute atomic E-state index is 0.244. The van der Waals surface area contributed by atoms with Gasteiger partial charge in [-0.2, -0.15) is 0 Å². The van der Waals surface area contributed by atoms with Gasteiger partial charge in [0, 0.05) is 18.5 Å². The zero-order valence-electron chi connectivity index (χ0n) is 7.90. The Morgan fingerprint density at radius 3 is 2.86 bits per heavy atom. The summed E-state index contributed by atoms with van der Waals surface area (Å²) in [5, 5.41) is 11.1. The minimum atomic E-state index is -0.841. The molecule has 78 valence electrons. The Morgan fingerprint density at radius 1 is 1.64 bits per heavy atom. The van der Waals surface area contributed by atoms with Crippen LogP contribution in [0.3, 0.4) is 0 Å². The fraction of sp³-hybridized carbons (Fsp3) is 0.444. The van der Waals surface area contributed by atoms with E-state index in [2.05, 4.69) is 4.98 Å². The van der Waals surface area contributed by atoms with E-state index < -0.39 is 5.60 Å². The number of hydrogen-bond acceptors (Lipinski definition) is 4. The van der Waals surface area contributed by atoms with E-state index in [1.165, 1.54) is 11.8 Å². The second-order valence-electron chi connectivity index (χ2n) is 3.30. The molecule has 0 radical (unpaired) electrons. The third-order valence-corrected chi connectivity index (χ3v) is 3.20. The highest BCUT2D eigenvalue weighted by molar-refractivity contribution is 7.99. The van der Waals surface area contributed by atoms with Crippen molar-refractivity contribution in [2.45, 2.75) is 17.6 Å². The Morgan fingerprint density at radius 2 is 2.36 bits per heavy atom. The van der Waals surface area contributed by atoms with E-state index in [1.807, 2.05) is 6.07 Å². The smallest absolute Gasteiger partial charge is 0.0961 e. The molecule has 0 aliphatic rings. The summed E-state index contributed by atoms with van der Waals surface area (Å²) < 4.78 is 0. The Bertz CT molecular complexity index is 289. The molecule has 3 nitrogen and oxygen atoms in total. The van der Waals surface area contributed by atoms with Gasteiger partial charge in [-0.3, -0.25) is 0 Å². The van der Waals surface area contributed by atoms with Crippen LogP contribution >= 0.6 is 23.4 Å². The van der Waals surface area contributed by atoms with Gasteiger partial charge in [-0.05, 0) is 19.1 Å². The van der Waals surface area contributed by atoms with Gasteiger partial charge in [-0.1, -0.05) is 11.6 Å². The van der Waals surface area contributed by atoms with E-state index in [1.54, 1.807) is 19.2 Å². The van der Waals surface area contributed by atoms with Gasteiger partial charge in [-0.15, -0.1) is 11.8 Å². The van der Waals surface area contributed by atoms with Gasteiger partial charge in [0.15, 0.2) is 0 Å². The van der Waals surface area contributed by atoms with Crippen LogP contribution in [0.2, 0.25) is 5.02 Å². The van der Waals surface area contributed by atoms with Crippen molar-refractivity contribution in [2.75, 3.05) is 12.3 Å². The summed E-state index contributed by atoms with van der Waals surface area (Å²) in [5.74, 6) is 0.526. The molecule has 0 saturated heterocycles. The van der Waals surface area contributed by atoms with Gasteiger partial charge in [0.1, 0.15) is 0 Å². The molecule has 0 fully saturated rings. The fourth-order valence-electron chi connectivity index (χ4n) is 0.736. The van der Waals surface area contributed by atoms with Crippen molar-refractivity contribution in [3.8, 4) is 0 Å². The van der Waals surface area contributed by atoms with Crippen LogP contribution in [0, 0.1) is 0 Å². The molecule has 1 heterocycles. The molecule has 1 atom stereocenters. The van der Waals surface area contributed by atoms with Gasteiger partial charge in [0.2, 0.25) is 0 Å². The lowest BCUT2D eigenvalue weighted by Gasteiger charge is -2.19. The van der Waals surface area contributed by atoms with Crippen LogP contribution in [0.15, 0.2) is 23.4 Å². The Labute approximate surface area is 92.7 Å². The van der Waals surface area contributed by atoms with Crippen molar-refractivity contribution in [1.29, 1.82) is 0 Å². The highest BCUT2D eigenvalue weighted by Gasteiger charge is 2.18. The summed E-state index contributed by atoms with van der Waals surface area (Å²) in [4.78, 5) is 4.09. The van der Waals surface area contributed by atoms with Crippen LogP contribution in [0.25, 0.3) is 0 Å². The number of rotatable bonds is 4. The van der Waals surface area contributed by atoms with Gasteiger partial charge >= 0.3 is 0 Å². The highest BCUT2D eigenvalue weighted by Crippen LogP contribution is 2.21. The van der Waals surface area contributed by atoms with Crippen molar-refractivity contribution >= 4 is 23.4 Å². The molecule has 0 aliphatic heterocycles. The topological polar surface area (TPSA) is 59.1 Å². The van der Waals surface area contributed by atoms with E-state index in [9.17, 15) is 5.11 Å². The van der Waals surface area contributed by atoms with E-state index >= 15 is 0 Å². The number of nitrogens with two attached hydrogens (primary N) is 1. The van der Waals surface area contributed by atoms with Crippen LogP contribution < -0.4 is 5.73 Å². The fourth-order valence-corrected chi connectivity index (χ4v) is 1.72. The lowest BCUT2D eigenvalue weighted by atomic mass is 10.1. The predicted octanol–water partition coefficient (Wildman–Crippen LogP) is 1.54. The number of nitrogens with zero attached hydrogens (tertiary/aromatic N) is 1. The molecule has 0 saturated carbocycles. The first kappa shape index (κ1) is 11.8. The summed E-state index contributed by atoms with van der Waals surface area (Å²) in [6.07, 6.45) is 1.58. The molecule has 0 spiro atoms. The Kier molecular flexibility index (Phi) is 4.19. The molecule has 1 rings (SSSR count). The van der Waals surface area contributed by atoms with Gasteiger partial charge < -0.3 is 10.8 Å². The summed E-state index contributed by atoms with van der Waals surface area (Å²) in [7, 11) is 0. The zero-order chi connectivity index (χ0) is 10.6. The molecule has 3 N–H and O–H groups in total. The first-order valence-electron chi connectivity index (χ1n) is 4.20. The number of pyridine rings is 1. The molecular weight excluding hydrogens is 220 g/mol. The van der Waals surface area contributed by atoms with Crippen molar-refractivity contribution in [3.05, 3.63) is 23.4 Å². The monoisotopic (exact) mass is 232 g/mol. The Balaban J connectivity index is 2.50. The standard InChI is InChI=1S/C9H13ClN2OS/c1-9(13,5-11)6-14-8-3-2-7(10)4-12-8/h2-4,13H,5-6,11H2,1H3. The molecule has 0 bridgehead atoms. The maximum absolute atomic E-state index is 9.64. The maximum atomic E-state index is 9.64.